The van der Waals surface area contributed by atoms with Crippen molar-refractivity contribution in [1.82, 2.24) is 0 Å². The molecule has 1 fully saturated rings. The van der Waals surface area contributed by atoms with Crippen molar-refractivity contribution in [3.63, 3.8) is 0 Å². The van der Waals surface area contributed by atoms with Gasteiger partial charge in [0.1, 0.15) is 0 Å². The fourth-order valence-corrected chi connectivity index (χ4v) is 2.27. The van der Waals surface area contributed by atoms with E-state index in [2.05, 4.69) is 0 Å². The van der Waals surface area contributed by atoms with E-state index in [-0.39, 0.29) is 0 Å². The number of rotatable bonds is 4. The second-order valence-electron chi connectivity index (χ2n) is 3.80. The monoisotopic (exact) mass is 170 g/mol. The summed E-state index contributed by atoms with van der Waals surface area (Å²) in [5, 5.41) is 9.16. The summed E-state index contributed by atoms with van der Waals surface area (Å²) in [7, 11) is 0. The number of carboxylic acid groups (broad SMARTS) is 1. The highest BCUT2D eigenvalue weighted by Crippen LogP contribution is 2.46. The summed E-state index contributed by atoms with van der Waals surface area (Å²) < 4.78 is 0. The van der Waals surface area contributed by atoms with Crippen LogP contribution in [0.4, 0.5) is 0 Å². The Morgan fingerprint density at radius 3 is 2.00 bits per heavy atom. The third kappa shape index (κ3) is 1.23. The summed E-state index contributed by atoms with van der Waals surface area (Å²) in [6.45, 7) is 3.99. The van der Waals surface area contributed by atoms with Crippen LogP contribution in [0.5, 0.6) is 0 Å². The Bertz CT molecular complexity index is 167. The topological polar surface area (TPSA) is 37.3 Å². The van der Waals surface area contributed by atoms with Crippen LogP contribution < -0.4 is 0 Å². The molecule has 70 valence electrons. The van der Waals surface area contributed by atoms with Crippen molar-refractivity contribution in [3.8, 4) is 0 Å². The molecule has 0 amide bonds. The molecule has 0 atom stereocenters. The van der Waals surface area contributed by atoms with Crippen LogP contribution in [0.25, 0.3) is 0 Å². The standard InChI is InChI=1S/C10H18O2/c1-3-10(4-2,9(11)12)8-6-5-7-8/h8H,3-7H2,1-2H3,(H,11,12). The average molecular weight is 170 g/mol. The molecule has 0 unspecified atom stereocenters. The summed E-state index contributed by atoms with van der Waals surface area (Å²) in [6.07, 6.45) is 5.02. The van der Waals surface area contributed by atoms with Crippen LogP contribution in [0.15, 0.2) is 0 Å². The van der Waals surface area contributed by atoms with Gasteiger partial charge in [-0.3, -0.25) is 4.79 Å². The van der Waals surface area contributed by atoms with Gasteiger partial charge in [0, 0.05) is 0 Å². The van der Waals surface area contributed by atoms with E-state index in [4.69, 9.17) is 5.11 Å². The smallest absolute Gasteiger partial charge is 0.309 e. The molecular formula is C10H18O2. The Labute approximate surface area is 74.0 Å². The van der Waals surface area contributed by atoms with E-state index in [0.717, 1.165) is 25.7 Å². The second kappa shape index (κ2) is 3.46. The van der Waals surface area contributed by atoms with Gasteiger partial charge < -0.3 is 5.11 Å². The van der Waals surface area contributed by atoms with Gasteiger partial charge in [0.25, 0.3) is 0 Å². The summed E-state index contributed by atoms with van der Waals surface area (Å²) in [4.78, 5) is 11.1. The van der Waals surface area contributed by atoms with E-state index in [9.17, 15) is 4.79 Å². The van der Waals surface area contributed by atoms with Crippen LogP contribution in [-0.4, -0.2) is 11.1 Å². The Hall–Kier alpha value is -0.530. The van der Waals surface area contributed by atoms with Gasteiger partial charge in [0.2, 0.25) is 0 Å². The lowest BCUT2D eigenvalue weighted by atomic mass is 9.62. The minimum atomic E-state index is -0.586. The molecule has 0 radical (unpaired) electrons. The molecule has 2 nitrogen and oxygen atoms in total. The molecule has 0 heterocycles. The fraction of sp³-hybridized carbons (Fsp3) is 0.900. The molecular weight excluding hydrogens is 152 g/mol. The number of hydrogen-bond acceptors (Lipinski definition) is 1. The third-order valence-corrected chi connectivity index (χ3v) is 3.57. The maximum absolute atomic E-state index is 11.1. The summed E-state index contributed by atoms with van der Waals surface area (Å²) in [5.74, 6) is -0.137. The van der Waals surface area contributed by atoms with Crippen LogP contribution in [0.1, 0.15) is 46.0 Å². The number of carboxylic acids is 1. The predicted molar refractivity (Wildman–Crippen MR) is 48.0 cm³/mol. The van der Waals surface area contributed by atoms with Crippen LogP contribution in [0.3, 0.4) is 0 Å². The largest absolute Gasteiger partial charge is 0.481 e. The molecule has 1 N–H and O–H groups in total. The molecule has 0 aromatic rings. The van der Waals surface area contributed by atoms with Gasteiger partial charge >= 0.3 is 5.97 Å². The number of aliphatic carboxylic acids is 1. The zero-order valence-corrected chi connectivity index (χ0v) is 7.97. The summed E-state index contributed by atoms with van der Waals surface area (Å²) in [6, 6.07) is 0. The first kappa shape index (κ1) is 9.56. The molecule has 0 bridgehead atoms. The lowest BCUT2D eigenvalue weighted by Gasteiger charge is -2.41. The summed E-state index contributed by atoms with van der Waals surface area (Å²) in [5.41, 5.74) is -0.405. The van der Waals surface area contributed by atoms with Gasteiger partial charge in [-0.2, -0.15) is 0 Å². The third-order valence-electron chi connectivity index (χ3n) is 3.57. The molecule has 1 aliphatic carbocycles. The minimum absolute atomic E-state index is 0.405. The van der Waals surface area contributed by atoms with E-state index in [1.54, 1.807) is 0 Å². The van der Waals surface area contributed by atoms with E-state index in [0.29, 0.717) is 5.92 Å². The Kier molecular flexibility index (Phi) is 2.76. The van der Waals surface area contributed by atoms with Gasteiger partial charge in [-0.1, -0.05) is 20.3 Å². The van der Waals surface area contributed by atoms with Crippen molar-refractivity contribution in [3.05, 3.63) is 0 Å². The van der Waals surface area contributed by atoms with E-state index >= 15 is 0 Å². The average Bonchev–Trinajstić information content (AvgIpc) is 1.95. The Morgan fingerprint density at radius 1 is 1.42 bits per heavy atom. The first-order chi connectivity index (χ1) is 5.67. The van der Waals surface area contributed by atoms with Crippen LogP contribution in [0, 0.1) is 11.3 Å². The van der Waals surface area contributed by atoms with Crippen molar-refractivity contribution in [2.24, 2.45) is 11.3 Å². The van der Waals surface area contributed by atoms with Gasteiger partial charge in [0.05, 0.1) is 5.41 Å². The van der Waals surface area contributed by atoms with Gasteiger partial charge in [-0.25, -0.2) is 0 Å². The molecule has 1 aliphatic rings. The molecule has 0 spiro atoms. The van der Waals surface area contributed by atoms with Gasteiger partial charge in [-0.15, -0.1) is 0 Å². The fourth-order valence-electron chi connectivity index (χ4n) is 2.27. The lowest BCUT2D eigenvalue weighted by Crippen LogP contribution is -2.41. The van der Waals surface area contributed by atoms with Crippen molar-refractivity contribution in [2.75, 3.05) is 0 Å². The minimum Gasteiger partial charge on any atom is -0.481 e. The quantitative estimate of drug-likeness (QED) is 0.704. The van der Waals surface area contributed by atoms with Crippen LogP contribution in [-0.2, 0) is 4.79 Å². The molecule has 0 aromatic heterocycles. The Balaban J connectivity index is 2.74. The van der Waals surface area contributed by atoms with Crippen molar-refractivity contribution in [2.45, 2.75) is 46.0 Å². The highest BCUT2D eigenvalue weighted by atomic mass is 16.4. The van der Waals surface area contributed by atoms with E-state index in [1.807, 2.05) is 13.8 Å². The molecule has 1 saturated carbocycles. The molecule has 2 heteroatoms. The first-order valence-corrected chi connectivity index (χ1v) is 4.90. The molecule has 1 rings (SSSR count). The molecule has 12 heavy (non-hydrogen) atoms. The maximum atomic E-state index is 11.1. The maximum Gasteiger partial charge on any atom is 0.309 e. The lowest BCUT2D eigenvalue weighted by molar-refractivity contribution is -0.155. The Morgan fingerprint density at radius 2 is 1.92 bits per heavy atom. The van der Waals surface area contributed by atoms with Gasteiger partial charge in [0.15, 0.2) is 0 Å². The van der Waals surface area contributed by atoms with E-state index in [1.165, 1.54) is 6.42 Å². The molecule has 0 saturated heterocycles. The highest BCUT2D eigenvalue weighted by molar-refractivity contribution is 5.75. The number of hydrogen-bond donors (Lipinski definition) is 1. The zero-order chi connectivity index (χ0) is 9.19. The summed E-state index contributed by atoms with van der Waals surface area (Å²) >= 11 is 0. The van der Waals surface area contributed by atoms with Gasteiger partial charge in [-0.05, 0) is 31.6 Å². The van der Waals surface area contributed by atoms with E-state index < -0.39 is 11.4 Å². The molecule has 0 aromatic carbocycles. The van der Waals surface area contributed by atoms with Crippen molar-refractivity contribution >= 4 is 5.97 Å². The predicted octanol–water partition coefficient (Wildman–Crippen LogP) is 2.68. The second-order valence-corrected chi connectivity index (χ2v) is 3.80. The molecule has 0 aliphatic heterocycles. The van der Waals surface area contributed by atoms with Crippen molar-refractivity contribution < 1.29 is 9.90 Å². The first-order valence-electron chi connectivity index (χ1n) is 4.90. The van der Waals surface area contributed by atoms with Crippen molar-refractivity contribution in [1.29, 1.82) is 0 Å². The zero-order valence-electron chi connectivity index (χ0n) is 7.97. The normalized spacial score (nSPS) is 18.8. The van der Waals surface area contributed by atoms with Crippen LogP contribution in [0.2, 0.25) is 0 Å². The SMILES string of the molecule is CCC(CC)(C(=O)O)C1CCC1. The highest BCUT2D eigenvalue weighted by Gasteiger charge is 2.44. The van der Waals surface area contributed by atoms with Crippen LogP contribution >= 0.6 is 0 Å². The number of carbonyl (C=O) groups is 1.